The molecule has 0 atom stereocenters. The van der Waals surface area contributed by atoms with Gasteiger partial charge in [0.1, 0.15) is 5.76 Å². The van der Waals surface area contributed by atoms with Gasteiger partial charge in [0.2, 0.25) is 5.75 Å². The average molecular weight is 156 g/mol. The van der Waals surface area contributed by atoms with E-state index < -0.39 is 0 Å². The SMILES string of the molecule is Cc1oc(C(C)C)c(O)c1O. The topological polar surface area (TPSA) is 53.6 Å². The highest BCUT2D eigenvalue weighted by Gasteiger charge is 2.17. The molecule has 0 aliphatic carbocycles. The van der Waals surface area contributed by atoms with Crippen LogP contribution in [0.15, 0.2) is 4.42 Å². The zero-order chi connectivity index (χ0) is 8.59. The van der Waals surface area contributed by atoms with Crippen molar-refractivity contribution in [2.75, 3.05) is 0 Å². The molecule has 0 radical (unpaired) electrons. The summed E-state index contributed by atoms with van der Waals surface area (Å²) in [6.45, 7) is 5.38. The molecule has 0 spiro atoms. The van der Waals surface area contributed by atoms with Crippen LogP contribution in [0.1, 0.15) is 31.3 Å². The van der Waals surface area contributed by atoms with Gasteiger partial charge >= 0.3 is 0 Å². The summed E-state index contributed by atoms with van der Waals surface area (Å²) in [7, 11) is 0. The third-order valence-electron chi connectivity index (χ3n) is 1.58. The average Bonchev–Trinajstić information content (AvgIpc) is 2.17. The maximum Gasteiger partial charge on any atom is 0.200 e. The molecular weight excluding hydrogens is 144 g/mol. The molecule has 0 fully saturated rings. The van der Waals surface area contributed by atoms with Crippen LogP contribution in [-0.4, -0.2) is 10.2 Å². The Labute approximate surface area is 65.3 Å². The van der Waals surface area contributed by atoms with Crippen LogP contribution < -0.4 is 0 Å². The number of hydrogen-bond donors (Lipinski definition) is 2. The lowest BCUT2D eigenvalue weighted by Crippen LogP contribution is -1.82. The molecular formula is C8H12O3. The Bertz CT molecular complexity index is 261. The monoisotopic (exact) mass is 156 g/mol. The van der Waals surface area contributed by atoms with Crippen molar-refractivity contribution in [3.63, 3.8) is 0 Å². The van der Waals surface area contributed by atoms with Crippen LogP contribution in [0.4, 0.5) is 0 Å². The molecule has 1 heterocycles. The van der Waals surface area contributed by atoms with Crippen molar-refractivity contribution in [2.24, 2.45) is 0 Å². The molecule has 1 aromatic heterocycles. The van der Waals surface area contributed by atoms with Crippen LogP contribution in [0.5, 0.6) is 11.5 Å². The Morgan fingerprint density at radius 2 is 1.73 bits per heavy atom. The van der Waals surface area contributed by atoms with Crippen molar-refractivity contribution in [2.45, 2.75) is 26.7 Å². The van der Waals surface area contributed by atoms with E-state index in [4.69, 9.17) is 9.52 Å². The number of rotatable bonds is 1. The normalized spacial score (nSPS) is 10.9. The molecule has 0 saturated carbocycles. The van der Waals surface area contributed by atoms with E-state index in [1.165, 1.54) is 0 Å². The number of aromatic hydroxyl groups is 2. The Morgan fingerprint density at radius 3 is 1.91 bits per heavy atom. The second kappa shape index (κ2) is 2.49. The minimum absolute atomic E-state index is 0.0922. The Kier molecular flexibility index (Phi) is 1.81. The summed E-state index contributed by atoms with van der Waals surface area (Å²) in [5.74, 6) is 0.631. The highest BCUT2D eigenvalue weighted by atomic mass is 16.4. The second-order valence-electron chi connectivity index (χ2n) is 2.87. The van der Waals surface area contributed by atoms with E-state index >= 15 is 0 Å². The summed E-state index contributed by atoms with van der Waals surface area (Å²) in [5, 5.41) is 18.4. The van der Waals surface area contributed by atoms with Gasteiger partial charge in [0.15, 0.2) is 11.5 Å². The molecule has 0 unspecified atom stereocenters. The quantitative estimate of drug-likeness (QED) is 0.654. The molecule has 0 saturated heterocycles. The van der Waals surface area contributed by atoms with Gasteiger partial charge < -0.3 is 14.6 Å². The van der Waals surface area contributed by atoms with Gasteiger partial charge in [-0.15, -0.1) is 0 Å². The molecule has 1 aromatic rings. The van der Waals surface area contributed by atoms with E-state index in [0.717, 1.165) is 0 Å². The molecule has 2 N–H and O–H groups in total. The van der Waals surface area contributed by atoms with Gasteiger partial charge in [-0.05, 0) is 6.92 Å². The molecule has 0 aliphatic rings. The van der Waals surface area contributed by atoms with Gasteiger partial charge in [-0.1, -0.05) is 13.8 Å². The predicted octanol–water partition coefficient (Wildman–Crippen LogP) is 2.12. The van der Waals surface area contributed by atoms with E-state index in [-0.39, 0.29) is 17.4 Å². The van der Waals surface area contributed by atoms with Gasteiger partial charge in [-0.3, -0.25) is 0 Å². The maximum atomic E-state index is 9.25. The van der Waals surface area contributed by atoms with E-state index in [0.29, 0.717) is 11.5 Å². The number of furan rings is 1. The first-order valence-electron chi connectivity index (χ1n) is 3.55. The number of hydrogen-bond acceptors (Lipinski definition) is 3. The van der Waals surface area contributed by atoms with Crippen LogP contribution in [0, 0.1) is 6.92 Å². The zero-order valence-electron chi connectivity index (χ0n) is 6.88. The second-order valence-corrected chi connectivity index (χ2v) is 2.87. The van der Waals surface area contributed by atoms with Crippen molar-refractivity contribution >= 4 is 0 Å². The van der Waals surface area contributed by atoms with Gasteiger partial charge in [0, 0.05) is 5.92 Å². The highest BCUT2D eigenvalue weighted by Crippen LogP contribution is 2.38. The smallest absolute Gasteiger partial charge is 0.200 e. The van der Waals surface area contributed by atoms with Crippen molar-refractivity contribution in [3.05, 3.63) is 11.5 Å². The molecule has 0 aromatic carbocycles. The Balaban J connectivity index is 3.19. The highest BCUT2D eigenvalue weighted by molar-refractivity contribution is 5.44. The molecule has 0 aliphatic heterocycles. The predicted molar refractivity (Wildman–Crippen MR) is 40.9 cm³/mol. The lowest BCUT2D eigenvalue weighted by atomic mass is 10.1. The largest absolute Gasteiger partial charge is 0.502 e. The van der Waals surface area contributed by atoms with Crippen molar-refractivity contribution in [1.29, 1.82) is 0 Å². The van der Waals surface area contributed by atoms with Crippen LogP contribution in [-0.2, 0) is 0 Å². The van der Waals surface area contributed by atoms with Gasteiger partial charge in [-0.25, -0.2) is 0 Å². The Hall–Kier alpha value is -1.12. The van der Waals surface area contributed by atoms with Crippen LogP contribution in [0.2, 0.25) is 0 Å². The zero-order valence-corrected chi connectivity index (χ0v) is 6.88. The third-order valence-corrected chi connectivity index (χ3v) is 1.58. The first kappa shape index (κ1) is 7.98. The Morgan fingerprint density at radius 1 is 1.18 bits per heavy atom. The fourth-order valence-electron chi connectivity index (χ4n) is 0.936. The van der Waals surface area contributed by atoms with Gasteiger partial charge in [-0.2, -0.15) is 0 Å². The van der Waals surface area contributed by atoms with Gasteiger partial charge in [0.25, 0.3) is 0 Å². The lowest BCUT2D eigenvalue weighted by molar-refractivity contribution is 0.398. The summed E-state index contributed by atoms with van der Waals surface area (Å²) in [6, 6.07) is 0. The van der Waals surface area contributed by atoms with Crippen LogP contribution in [0.25, 0.3) is 0 Å². The maximum absolute atomic E-state index is 9.25. The molecule has 3 nitrogen and oxygen atoms in total. The summed E-state index contributed by atoms with van der Waals surface area (Å²) < 4.78 is 5.11. The van der Waals surface area contributed by atoms with E-state index in [1.54, 1.807) is 6.92 Å². The summed E-state index contributed by atoms with van der Waals surface area (Å²) in [6.07, 6.45) is 0. The minimum Gasteiger partial charge on any atom is -0.502 e. The lowest BCUT2D eigenvalue weighted by Gasteiger charge is -1.98. The molecule has 0 bridgehead atoms. The van der Waals surface area contributed by atoms with E-state index in [2.05, 4.69) is 0 Å². The number of aryl methyl sites for hydroxylation is 1. The van der Waals surface area contributed by atoms with Crippen molar-refractivity contribution in [1.82, 2.24) is 0 Å². The summed E-state index contributed by atoms with van der Waals surface area (Å²) in [5.41, 5.74) is 0. The molecule has 0 amide bonds. The standard InChI is InChI=1S/C8H12O3/c1-4(2)8-7(10)6(9)5(3)11-8/h4,9-10H,1-3H3. The molecule has 3 heteroatoms. The molecule has 11 heavy (non-hydrogen) atoms. The first-order valence-corrected chi connectivity index (χ1v) is 3.55. The third kappa shape index (κ3) is 1.18. The van der Waals surface area contributed by atoms with E-state index in [9.17, 15) is 5.11 Å². The molecule has 62 valence electrons. The van der Waals surface area contributed by atoms with Crippen molar-refractivity contribution in [3.8, 4) is 11.5 Å². The van der Waals surface area contributed by atoms with Crippen molar-refractivity contribution < 1.29 is 14.6 Å². The molecule has 1 rings (SSSR count). The van der Waals surface area contributed by atoms with Crippen LogP contribution >= 0.6 is 0 Å². The summed E-state index contributed by atoms with van der Waals surface area (Å²) in [4.78, 5) is 0. The van der Waals surface area contributed by atoms with E-state index in [1.807, 2.05) is 13.8 Å². The fourth-order valence-corrected chi connectivity index (χ4v) is 0.936. The summed E-state index contributed by atoms with van der Waals surface area (Å²) >= 11 is 0. The fraction of sp³-hybridized carbons (Fsp3) is 0.500. The van der Waals surface area contributed by atoms with Gasteiger partial charge in [0.05, 0.1) is 0 Å². The minimum atomic E-state index is -0.145. The van der Waals surface area contributed by atoms with Crippen LogP contribution in [0.3, 0.4) is 0 Å². The first-order chi connectivity index (χ1) is 5.04.